The third-order valence-electron chi connectivity index (χ3n) is 3.33. The van der Waals surface area contributed by atoms with Crippen LogP contribution in [0.4, 0.5) is 0 Å². The van der Waals surface area contributed by atoms with Gasteiger partial charge in [-0.3, -0.25) is 9.59 Å². The second kappa shape index (κ2) is 6.26. The molecule has 0 radical (unpaired) electrons. The molecule has 6 heteroatoms. The minimum atomic E-state index is -0.425. The molecule has 0 aromatic heterocycles. The van der Waals surface area contributed by atoms with Gasteiger partial charge in [-0.1, -0.05) is 22.0 Å². The zero-order chi connectivity index (χ0) is 14.7. The quantitative estimate of drug-likeness (QED) is 0.879. The maximum Gasteiger partial charge on any atom is 0.243 e. The molecule has 1 aromatic rings. The molecule has 2 amide bonds. The maximum absolute atomic E-state index is 12.1. The first-order valence-electron chi connectivity index (χ1n) is 6.44. The lowest BCUT2D eigenvalue weighted by Gasteiger charge is -2.19. The number of hydrogen-bond donors (Lipinski definition) is 2. The number of nitrogens with one attached hydrogen (secondary N) is 2. The highest BCUT2D eigenvalue weighted by atomic mass is 79.9. The van der Waals surface area contributed by atoms with Crippen LogP contribution in [-0.2, 0) is 9.59 Å². The van der Waals surface area contributed by atoms with Gasteiger partial charge in [0.25, 0.3) is 0 Å². The number of halogens is 1. The third-order valence-corrected chi connectivity index (χ3v) is 3.83. The Morgan fingerprint density at radius 2 is 2.30 bits per heavy atom. The minimum absolute atomic E-state index is 0.0703. The molecule has 1 heterocycles. The normalized spacial score (nSPS) is 19.4. The molecular formula is C14H17BrN2O3. The van der Waals surface area contributed by atoms with Gasteiger partial charge in [-0.05, 0) is 25.5 Å². The predicted octanol–water partition coefficient (Wildman–Crippen LogP) is 1.91. The summed E-state index contributed by atoms with van der Waals surface area (Å²) >= 11 is 3.38. The molecule has 1 aromatic carbocycles. The number of amides is 2. The van der Waals surface area contributed by atoms with E-state index in [1.165, 1.54) is 0 Å². The second-order valence-corrected chi connectivity index (χ2v) is 5.69. The number of methoxy groups -OCH3 is 1. The largest absolute Gasteiger partial charge is 0.496 e. The first-order chi connectivity index (χ1) is 9.51. The van der Waals surface area contributed by atoms with Gasteiger partial charge in [-0.15, -0.1) is 0 Å². The van der Waals surface area contributed by atoms with Gasteiger partial charge in [0, 0.05) is 16.5 Å². The predicted molar refractivity (Wildman–Crippen MR) is 78.4 cm³/mol. The van der Waals surface area contributed by atoms with E-state index < -0.39 is 6.04 Å². The molecule has 108 valence electrons. The summed E-state index contributed by atoms with van der Waals surface area (Å²) in [5, 5.41) is 5.56. The van der Waals surface area contributed by atoms with Gasteiger partial charge < -0.3 is 15.4 Å². The van der Waals surface area contributed by atoms with Gasteiger partial charge in [0.15, 0.2) is 0 Å². The van der Waals surface area contributed by atoms with E-state index in [9.17, 15) is 9.59 Å². The van der Waals surface area contributed by atoms with Crippen molar-refractivity contribution in [3.05, 3.63) is 28.2 Å². The van der Waals surface area contributed by atoms with Crippen LogP contribution in [0.1, 0.15) is 31.4 Å². The molecule has 20 heavy (non-hydrogen) atoms. The van der Waals surface area contributed by atoms with Gasteiger partial charge in [0.05, 0.1) is 13.2 Å². The number of carbonyl (C=O) groups is 2. The molecule has 1 aliphatic rings. The van der Waals surface area contributed by atoms with Gasteiger partial charge >= 0.3 is 0 Å². The Labute approximate surface area is 126 Å². The molecule has 2 rings (SSSR count). The Kier molecular flexibility index (Phi) is 4.65. The smallest absolute Gasteiger partial charge is 0.243 e. The van der Waals surface area contributed by atoms with Crippen molar-refractivity contribution in [1.82, 2.24) is 10.6 Å². The van der Waals surface area contributed by atoms with Crippen molar-refractivity contribution in [3.8, 4) is 5.75 Å². The van der Waals surface area contributed by atoms with E-state index in [1.807, 2.05) is 25.1 Å². The topological polar surface area (TPSA) is 67.4 Å². The average molecular weight is 341 g/mol. The van der Waals surface area contributed by atoms with Crippen LogP contribution in [0.15, 0.2) is 22.7 Å². The minimum Gasteiger partial charge on any atom is -0.496 e. The van der Waals surface area contributed by atoms with Gasteiger partial charge in [0.1, 0.15) is 11.8 Å². The zero-order valence-corrected chi connectivity index (χ0v) is 13.0. The average Bonchev–Trinajstić information content (AvgIpc) is 2.85. The fourth-order valence-corrected chi connectivity index (χ4v) is 2.59. The number of rotatable bonds is 4. The molecule has 2 N–H and O–H groups in total. The van der Waals surface area contributed by atoms with E-state index in [4.69, 9.17) is 4.74 Å². The van der Waals surface area contributed by atoms with Crippen LogP contribution in [0.25, 0.3) is 0 Å². The lowest BCUT2D eigenvalue weighted by molar-refractivity contribution is -0.126. The van der Waals surface area contributed by atoms with Crippen LogP contribution in [0, 0.1) is 0 Å². The standard InChI is InChI=1S/C14H17BrN2O3/c1-8(10-4-3-9(15)7-12(10)20-2)16-14(19)11-5-6-13(18)17-11/h3-4,7-8,11H,5-6H2,1-2H3,(H,16,19)(H,17,18). The molecule has 1 fully saturated rings. The van der Waals surface area contributed by atoms with Crippen LogP contribution < -0.4 is 15.4 Å². The van der Waals surface area contributed by atoms with Crippen molar-refractivity contribution in [3.63, 3.8) is 0 Å². The van der Waals surface area contributed by atoms with Gasteiger partial charge in [-0.2, -0.15) is 0 Å². The zero-order valence-electron chi connectivity index (χ0n) is 11.4. The summed E-state index contributed by atoms with van der Waals surface area (Å²) in [7, 11) is 1.59. The van der Waals surface area contributed by atoms with E-state index in [0.717, 1.165) is 10.0 Å². The summed E-state index contributed by atoms with van der Waals surface area (Å²) < 4.78 is 6.24. The Morgan fingerprint density at radius 1 is 1.55 bits per heavy atom. The summed E-state index contributed by atoms with van der Waals surface area (Å²) in [4.78, 5) is 23.2. The summed E-state index contributed by atoms with van der Waals surface area (Å²) in [6.45, 7) is 1.89. The number of ether oxygens (including phenoxy) is 1. The molecule has 2 unspecified atom stereocenters. The van der Waals surface area contributed by atoms with Crippen LogP contribution in [0.5, 0.6) is 5.75 Å². The Balaban J connectivity index is 2.06. The van der Waals surface area contributed by atoms with Crippen molar-refractivity contribution in [1.29, 1.82) is 0 Å². The van der Waals surface area contributed by atoms with E-state index >= 15 is 0 Å². The van der Waals surface area contributed by atoms with Crippen molar-refractivity contribution in [2.45, 2.75) is 31.8 Å². The summed E-state index contributed by atoms with van der Waals surface area (Å²) in [5.74, 6) is 0.481. The molecule has 0 spiro atoms. The number of hydrogen-bond acceptors (Lipinski definition) is 3. The number of carbonyl (C=O) groups excluding carboxylic acids is 2. The monoisotopic (exact) mass is 340 g/mol. The van der Waals surface area contributed by atoms with Crippen LogP contribution >= 0.6 is 15.9 Å². The van der Waals surface area contributed by atoms with Crippen LogP contribution in [-0.4, -0.2) is 25.0 Å². The molecule has 0 aliphatic carbocycles. The fourth-order valence-electron chi connectivity index (χ4n) is 2.25. The molecule has 0 bridgehead atoms. The summed E-state index contributed by atoms with van der Waals surface area (Å²) in [6, 6.07) is 5.04. The SMILES string of the molecule is COc1cc(Br)ccc1C(C)NC(=O)C1CCC(=O)N1. The Morgan fingerprint density at radius 3 is 2.90 bits per heavy atom. The Hall–Kier alpha value is -1.56. The number of benzene rings is 1. The van der Waals surface area contributed by atoms with Gasteiger partial charge in [0.2, 0.25) is 11.8 Å². The highest BCUT2D eigenvalue weighted by Crippen LogP contribution is 2.28. The first-order valence-corrected chi connectivity index (χ1v) is 7.23. The Bertz CT molecular complexity index is 533. The molecule has 5 nitrogen and oxygen atoms in total. The van der Waals surface area contributed by atoms with E-state index in [-0.39, 0.29) is 17.9 Å². The summed E-state index contributed by atoms with van der Waals surface area (Å²) in [6.07, 6.45) is 0.961. The highest BCUT2D eigenvalue weighted by molar-refractivity contribution is 9.10. The van der Waals surface area contributed by atoms with Crippen LogP contribution in [0.2, 0.25) is 0 Å². The van der Waals surface area contributed by atoms with E-state index in [0.29, 0.717) is 18.6 Å². The van der Waals surface area contributed by atoms with Crippen LogP contribution in [0.3, 0.4) is 0 Å². The summed E-state index contributed by atoms with van der Waals surface area (Å²) in [5.41, 5.74) is 0.897. The maximum atomic E-state index is 12.1. The first kappa shape index (κ1) is 14.8. The van der Waals surface area contributed by atoms with Crippen molar-refractivity contribution < 1.29 is 14.3 Å². The molecule has 2 atom stereocenters. The molecule has 1 saturated heterocycles. The van der Waals surface area contributed by atoms with E-state index in [2.05, 4.69) is 26.6 Å². The lowest BCUT2D eigenvalue weighted by atomic mass is 10.1. The molecule has 0 saturated carbocycles. The van der Waals surface area contributed by atoms with Crippen molar-refractivity contribution in [2.75, 3.05) is 7.11 Å². The van der Waals surface area contributed by atoms with Gasteiger partial charge in [-0.25, -0.2) is 0 Å². The molecule has 1 aliphatic heterocycles. The highest BCUT2D eigenvalue weighted by Gasteiger charge is 2.28. The fraction of sp³-hybridized carbons (Fsp3) is 0.429. The van der Waals surface area contributed by atoms with Crippen molar-refractivity contribution in [2.24, 2.45) is 0 Å². The second-order valence-electron chi connectivity index (χ2n) is 4.78. The van der Waals surface area contributed by atoms with E-state index in [1.54, 1.807) is 7.11 Å². The molecular weight excluding hydrogens is 324 g/mol. The van der Waals surface area contributed by atoms with Crippen molar-refractivity contribution >= 4 is 27.7 Å². The lowest BCUT2D eigenvalue weighted by Crippen LogP contribution is -2.42. The third kappa shape index (κ3) is 3.30.